The van der Waals surface area contributed by atoms with Crippen molar-refractivity contribution in [2.75, 3.05) is 13.6 Å². The monoisotopic (exact) mass is 316 g/mol. The maximum atomic E-state index is 12.7. The number of likely N-dealkylation sites (N-methyl/N-ethyl adjacent to an activating group) is 1. The lowest BCUT2D eigenvalue weighted by Gasteiger charge is -2.13. The molecule has 124 valence electrons. The first-order chi connectivity index (χ1) is 11.0. The predicted octanol–water partition coefficient (Wildman–Crippen LogP) is 2.56. The van der Waals surface area contributed by atoms with Gasteiger partial charge in [0.05, 0.1) is 16.6 Å². The Morgan fingerprint density at radius 3 is 2.74 bits per heavy atom. The van der Waals surface area contributed by atoms with E-state index in [1.54, 1.807) is 0 Å². The first-order valence-electron chi connectivity index (χ1n) is 8.27. The standard InChI is InChI=1S/C17H24N4O2/c1-9(2)15-14-12(16(22)19-8-10(3)18-4)7-13(11-5-6-11)20-17(14)23-21-15/h7,9-11,18H,5-6,8H2,1-4H3,(H,19,22). The van der Waals surface area contributed by atoms with Gasteiger partial charge in [0, 0.05) is 24.2 Å². The number of hydrogen-bond acceptors (Lipinski definition) is 5. The fraction of sp³-hybridized carbons (Fsp3) is 0.588. The molecule has 2 N–H and O–H groups in total. The summed E-state index contributed by atoms with van der Waals surface area (Å²) in [6.45, 7) is 6.67. The number of rotatable bonds is 6. The first-order valence-corrected chi connectivity index (χ1v) is 8.27. The van der Waals surface area contributed by atoms with Crippen molar-refractivity contribution in [2.24, 2.45) is 0 Å². The molecule has 1 unspecified atom stereocenters. The van der Waals surface area contributed by atoms with Gasteiger partial charge in [0.2, 0.25) is 0 Å². The molecule has 1 fully saturated rings. The van der Waals surface area contributed by atoms with E-state index < -0.39 is 0 Å². The van der Waals surface area contributed by atoms with E-state index in [1.165, 1.54) is 0 Å². The Balaban J connectivity index is 2.01. The van der Waals surface area contributed by atoms with Crippen molar-refractivity contribution < 1.29 is 9.32 Å². The SMILES string of the molecule is CNC(C)CNC(=O)c1cc(C2CC2)nc2onc(C(C)C)c12. The van der Waals surface area contributed by atoms with Crippen LogP contribution in [0.1, 0.15) is 67.2 Å². The number of fused-ring (bicyclic) bond motifs is 1. The Kier molecular flexibility index (Phi) is 4.35. The average Bonchev–Trinajstić information content (AvgIpc) is 3.30. The number of nitrogens with one attached hydrogen (secondary N) is 2. The van der Waals surface area contributed by atoms with Crippen LogP contribution in [0.25, 0.3) is 11.1 Å². The molecule has 0 radical (unpaired) electrons. The van der Waals surface area contributed by atoms with E-state index in [0.717, 1.165) is 29.6 Å². The van der Waals surface area contributed by atoms with Gasteiger partial charge in [-0.2, -0.15) is 0 Å². The Labute approximate surface area is 136 Å². The summed E-state index contributed by atoms with van der Waals surface area (Å²) in [4.78, 5) is 17.3. The van der Waals surface area contributed by atoms with E-state index in [-0.39, 0.29) is 17.9 Å². The third-order valence-electron chi connectivity index (χ3n) is 4.34. The van der Waals surface area contributed by atoms with Crippen LogP contribution < -0.4 is 10.6 Å². The summed E-state index contributed by atoms with van der Waals surface area (Å²) in [6.07, 6.45) is 2.25. The molecule has 0 spiro atoms. The van der Waals surface area contributed by atoms with E-state index >= 15 is 0 Å². The van der Waals surface area contributed by atoms with Crippen LogP contribution in [0.3, 0.4) is 0 Å². The minimum absolute atomic E-state index is 0.0912. The summed E-state index contributed by atoms with van der Waals surface area (Å²) in [5, 5.41) is 11.0. The zero-order valence-corrected chi connectivity index (χ0v) is 14.1. The lowest BCUT2D eigenvalue weighted by Crippen LogP contribution is -2.37. The van der Waals surface area contributed by atoms with E-state index in [4.69, 9.17) is 4.52 Å². The number of aromatic nitrogens is 2. The normalized spacial score (nSPS) is 16.0. The Bertz CT molecular complexity index is 719. The molecule has 1 amide bonds. The molecule has 6 heteroatoms. The van der Waals surface area contributed by atoms with E-state index in [2.05, 4.69) is 20.8 Å². The maximum Gasteiger partial charge on any atom is 0.259 e. The lowest BCUT2D eigenvalue weighted by molar-refractivity contribution is 0.0952. The van der Waals surface area contributed by atoms with Crippen LogP contribution in [0.15, 0.2) is 10.6 Å². The number of carbonyl (C=O) groups is 1. The summed E-state index contributed by atoms with van der Waals surface area (Å²) in [7, 11) is 1.88. The zero-order chi connectivity index (χ0) is 16.6. The highest BCUT2D eigenvalue weighted by molar-refractivity contribution is 6.06. The summed E-state index contributed by atoms with van der Waals surface area (Å²) in [5.74, 6) is 0.536. The molecule has 23 heavy (non-hydrogen) atoms. The van der Waals surface area contributed by atoms with Crippen molar-refractivity contribution in [2.45, 2.75) is 51.5 Å². The molecule has 6 nitrogen and oxygen atoms in total. The number of nitrogens with zero attached hydrogens (tertiary/aromatic N) is 2. The van der Waals surface area contributed by atoms with Gasteiger partial charge >= 0.3 is 0 Å². The highest BCUT2D eigenvalue weighted by Gasteiger charge is 2.29. The Morgan fingerprint density at radius 2 is 2.13 bits per heavy atom. The van der Waals surface area contributed by atoms with Crippen molar-refractivity contribution >= 4 is 17.0 Å². The summed E-state index contributed by atoms with van der Waals surface area (Å²) in [6, 6.07) is 2.13. The second-order valence-corrected chi connectivity index (χ2v) is 6.67. The molecular formula is C17H24N4O2. The van der Waals surface area contributed by atoms with Crippen LogP contribution in [0.4, 0.5) is 0 Å². The Morgan fingerprint density at radius 1 is 1.39 bits per heavy atom. The van der Waals surface area contributed by atoms with Crippen LogP contribution in [0.2, 0.25) is 0 Å². The number of carbonyl (C=O) groups excluding carboxylic acids is 1. The summed E-state index contributed by atoms with van der Waals surface area (Å²) < 4.78 is 5.41. The zero-order valence-electron chi connectivity index (χ0n) is 14.1. The van der Waals surface area contributed by atoms with Crippen molar-refractivity contribution in [1.29, 1.82) is 0 Å². The molecule has 1 aliphatic rings. The molecule has 1 atom stereocenters. The van der Waals surface area contributed by atoms with Crippen LogP contribution in [0, 0.1) is 0 Å². The van der Waals surface area contributed by atoms with Gasteiger partial charge in [-0.15, -0.1) is 0 Å². The van der Waals surface area contributed by atoms with Gasteiger partial charge in [0.1, 0.15) is 0 Å². The molecule has 0 bridgehead atoms. The largest absolute Gasteiger partial charge is 0.350 e. The van der Waals surface area contributed by atoms with Crippen LogP contribution in [0.5, 0.6) is 0 Å². The highest BCUT2D eigenvalue weighted by Crippen LogP contribution is 2.41. The van der Waals surface area contributed by atoms with Crippen LogP contribution in [-0.2, 0) is 0 Å². The average molecular weight is 316 g/mol. The van der Waals surface area contributed by atoms with Crippen LogP contribution >= 0.6 is 0 Å². The molecule has 1 saturated carbocycles. The highest BCUT2D eigenvalue weighted by atomic mass is 16.5. The second-order valence-electron chi connectivity index (χ2n) is 6.67. The third kappa shape index (κ3) is 3.22. The van der Waals surface area contributed by atoms with Gasteiger partial charge in [-0.05, 0) is 38.8 Å². The number of pyridine rings is 1. The van der Waals surface area contributed by atoms with Crippen LogP contribution in [-0.4, -0.2) is 35.7 Å². The van der Waals surface area contributed by atoms with E-state index in [1.807, 2.05) is 33.9 Å². The van der Waals surface area contributed by atoms with Gasteiger partial charge in [-0.25, -0.2) is 4.98 Å². The van der Waals surface area contributed by atoms with Crippen molar-refractivity contribution in [1.82, 2.24) is 20.8 Å². The van der Waals surface area contributed by atoms with Gasteiger partial charge in [-0.3, -0.25) is 4.79 Å². The molecule has 3 rings (SSSR count). The third-order valence-corrected chi connectivity index (χ3v) is 4.34. The number of amides is 1. The van der Waals surface area contributed by atoms with E-state index in [9.17, 15) is 4.79 Å². The summed E-state index contributed by atoms with van der Waals surface area (Å²) >= 11 is 0. The predicted molar refractivity (Wildman–Crippen MR) is 88.7 cm³/mol. The molecule has 0 aliphatic heterocycles. The molecule has 2 heterocycles. The molecular weight excluding hydrogens is 292 g/mol. The van der Waals surface area contributed by atoms with Crippen molar-refractivity contribution in [3.63, 3.8) is 0 Å². The molecule has 2 aromatic heterocycles. The van der Waals surface area contributed by atoms with Gasteiger partial charge in [0.25, 0.3) is 11.6 Å². The fourth-order valence-corrected chi connectivity index (χ4v) is 2.60. The first kappa shape index (κ1) is 15.9. The minimum atomic E-state index is -0.0912. The molecule has 0 aromatic carbocycles. The Hall–Kier alpha value is -1.95. The smallest absolute Gasteiger partial charge is 0.259 e. The second kappa shape index (κ2) is 6.28. The lowest BCUT2D eigenvalue weighted by atomic mass is 10.0. The van der Waals surface area contributed by atoms with Gasteiger partial charge in [0.15, 0.2) is 0 Å². The minimum Gasteiger partial charge on any atom is -0.350 e. The van der Waals surface area contributed by atoms with E-state index in [0.29, 0.717) is 23.7 Å². The summed E-state index contributed by atoms with van der Waals surface area (Å²) in [5.41, 5.74) is 2.84. The topological polar surface area (TPSA) is 80.0 Å². The number of hydrogen-bond donors (Lipinski definition) is 2. The molecule has 0 saturated heterocycles. The quantitative estimate of drug-likeness (QED) is 0.856. The maximum absolute atomic E-state index is 12.7. The molecule has 2 aromatic rings. The van der Waals surface area contributed by atoms with Crippen molar-refractivity contribution in [3.8, 4) is 0 Å². The molecule has 1 aliphatic carbocycles. The fourth-order valence-electron chi connectivity index (χ4n) is 2.60. The van der Waals surface area contributed by atoms with Gasteiger partial charge < -0.3 is 15.2 Å². The van der Waals surface area contributed by atoms with Crippen molar-refractivity contribution in [3.05, 3.63) is 23.0 Å². The van der Waals surface area contributed by atoms with Gasteiger partial charge in [-0.1, -0.05) is 19.0 Å².